The number of piperazine rings is 1. The van der Waals surface area contributed by atoms with Crippen LogP contribution in [0.5, 0.6) is 0 Å². The molecule has 6 nitrogen and oxygen atoms in total. The standard InChI is InChI=1S/C24H31F3N4O2/c1-18-13-19(2)16-31(15-18)22(32)17-29-9-11-30(12-10-29)23(33)28-8-4-6-20-5-3-7-21(14-20)24(25,26)27/h3,5,7,14,18-19H,8-13,15-17H2,1-2H3,(H,28,33). The number of halogens is 3. The highest BCUT2D eigenvalue weighted by Crippen LogP contribution is 2.29. The van der Waals surface area contributed by atoms with Crippen molar-refractivity contribution < 1.29 is 22.8 Å². The Hall–Kier alpha value is -2.73. The summed E-state index contributed by atoms with van der Waals surface area (Å²) in [5.41, 5.74) is -0.506. The van der Waals surface area contributed by atoms with E-state index in [0.717, 1.165) is 31.6 Å². The minimum Gasteiger partial charge on any atom is -0.341 e. The molecule has 2 saturated heterocycles. The van der Waals surface area contributed by atoms with Crippen LogP contribution in [-0.4, -0.2) is 79.0 Å². The number of rotatable bonds is 3. The quantitative estimate of drug-likeness (QED) is 0.700. The zero-order valence-corrected chi connectivity index (χ0v) is 19.1. The van der Waals surface area contributed by atoms with E-state index < -0.39 is 11.7 Å². The molecule has 9 heteroatoms. The first-order valence-corrected chi connectivity index (χ1v) is 11.3. The van der Waals surface area contributed by atoms with Crippen LogP contribution in [0.4, 0.5) is 18.0 Å². The Labute approximate surface area is 193 Å². The molecule has 0 aliphatic carbocycles. The number of nitrogens with zero attached hydrogens (tertiary/aromatic N) is 3. The van der Waals surface area contributed by atoms with Crippen molar-refractivity contribution in [2.24, 2.45) is 11.8 Å². The zero-order valence-electron chi connectivity index (χ0n) is 19.1. The summed E-state index contributed by atoms with van der Waals surface area (Å²) < 4.78 is 38.3. The van der Waals surface area contributed by atoms with Gasteiger partial charge in [-0.1, -0.05) is 31.8 Å². The first-order chi connectivity index (χ1) is 15.6. The molecule has 0 saturated carbocycles. The van der Waals surface area contributed by atoms with Crippen LogP contribution in [0.2, 0.25) is 0 Å². The smallest absolute Gasteiger partial charge is 0.341 e. The molecule has 2 unspecified atom stereocenters. The van der Waals surface area contributed by atoms with E-state index in [1.807, 2.05) is 4.90 Å². The van der Waals surface area contributed by atoms with E-state index in [2.05, 4.69) is 35.9 Å². The Kier molecular flexibility index (Phi) is 8.25. The Morgan fingerprint density at radius 2 is 1.73 bits per heavy atom. The van der Waals surface area contributed by atoms with Crippen LogP contribution in [-0.2, 0) is 11.0 Å². The van der Waals surface area contributed by atoms with Gasteiger partial charge in [0.05, 0.1) is 18.7 Å². The topological polar surface area (TPSA) is 55.9 Å². The van der Waals surface area contributed by atoms with Gasteiger partial charge in [-0.25, -0.2) is 4.79 Å². The number of benzene rings is 1. The van der Waals surface area contributed by atoms with Crippen molar-refractivity contribution >= 4 is 11.9 Å². The summed E-state index contributed by atoms with van der Waals surface area (Å²) in [6.45, 7) is 8.65. The molecule has 1 N–H and O–H groups in total. The van der Waals surface area contributed by atoms with Crippen LogP contribution in [0.15, 0.2) is 24.3 Å². The summed E-state index contributed by atoms with van der Waals surface area (Å²) in [5, 5.41) is 2.68. The van der Waals surface area contributed by atoms with Gasteiger partial charge < -0.3 is 15.1 Å². The Morgan fingerprint density at radius 3 is 2.36 bits per heavy atom. The van der Waals surface area contributed by atoms with Gasteiger partial charge in [0.2, 0.25) is 5.91 Å². The summed E-state index contributed by atoms with van der Waals surface area (Å²) in [6, 6.07) is 4.52. The van der Waals surface area contributed by atoms with Gasteiger partial charge in [-0.15, -0.1) is 0 Å². The molecular formula is C24H31F3N4O2. The predicted molar refractivity (Wildman–Crippen MR) is 119 cm³/mol. The molecule has 0 aromatic heterocycles. The molecule has 2 aliphatic rings. The van der Waals surface area contributed by atoms with Crippen LogP contribution in [0.1, 0.15) is 31.4 Å². The lowest BCUT2D eigenvalue weighted by Gasteiger charge is -2.38. The molecule has 3 rings (SSSR count). The average molecular weight is 465 g/mol. The van der Waals surface area contributed by atoms with E-state index in [1.54, 1.807) is 4.90 Å². The van der Waals surface area contributed by atoms with Crippen LogP contribution in [0.3, 0.4) is 0 Å². The molecular weight excluding hydrogens is 433 g/mol. The van der Waals surface area contributed by atoms with E-state index in [1.165, 1.54) is 12.1 Å². The normalized spacial score (nSPS) is 21.8. The fourth-order valence-electron chi connectivity index (χ4n) is 4.42. The first-order valence-electron chi connectivity index (χ1n) is 11.3. The molecule has 2 fully saturated rings. The molecule has 1 aromatic rings. The van der Waals surface area contributed by atoms with Crippen molar-refractivity contribution in [3.63, 3.8) is 0 Å². The van der Waals surface area contributed by atoms with Crippen molar-refractivity contribution in [2.45, 2.75) is 26.4 Å². The molecule has 1 aromatic carbocycles. The number of amides is 3. The fourth-order valence-corrected chi connectivity index (χ4v) is 4.42. The highest BCUT2D eigenvalue weighted by molar-refractivity contribution is 5.78. The van der Waals surface area contributed by atoms with E-state index in [4.69, 9.17) is 0 Å². The minimum absolute atomic E-state index is 0.0408. The minimum atomic E-state index is -4.41. The fraction of sp³-hybridized carbons (Fsp3) is 0.583. The van der Waals surface area contributed by atoms with Crippen molar-refractivity contribution in [1.29, 1.82) is 0 Å². The SMILES string of the molecule is CC1CC(C)CN(C(=O)CN2CCN(C(=O)NCC#Cc3cccc(C(F)(F)F)c3)CC2)C1. The van der Waals surface area contributed by atoms with Gasteiger partial charge in [0, 0.05) is 44.8 Å². The number of hydrogen-bond donors (Lipinski definition) is 1. The van der Waals surface area contributed by atoms with E-state index in [0.29, 0.717) is 44.6 Å². The van der Waals surface area contributed by atoms with E-state index >= 15 is 0 Å². The molecule has 0 radical (unpaired) electrons. The van der Waals surface area contributed by atoms with Crippen LogP contribution >= 0.6 is 0 Å². The van der Waals surface area contributed by atoms with E-state index in [9.17, 15) is 22.8 Å². The van der Waals surface area contributed by atoms with Crippen LogP contribution < -0.4 is 5.32 Å². The molecule has 2 aliphatic heterocycles. The molecule has 3 amide bonds. The number of piperidine rings is 1. The monoisotopic (exact) mass is 464 g/mol. The number of likely N-dealkylation sites (tertiary alicyclic amines) is 1. The van der Waals surface area contributed by atoms with Crippen molar-refractivity contribution in [3.05, 3.63) is 35.4 Å². The average Bonchev–Trinajstić information content (AvgIpc) is 2.76. The summed E-state index contributed by atoms with van der Waals surface area (Å²) in [7, 11) is 0. The maximum Gasteiger partial charge on any atom is 0.416 e. The predicted octanol–water partition coefficient (Wildman–Crippen LogP) is 2.89. The Balaban J connectivity index is 1.40. The second kappa shape index (κ2) is 10.9. The van der Waals surface area contributed by atoms with E-state index in [-0.39, 0.29) is 24.0 Å². The lowest BCUT2D eigenvalue weighted by atomic mass is 9.92. The Bertz CT molecular complexity index is 891. The highest BCUT2D eigenvalue weighted by Gasteiger charge is 2.30. The molecule has 0 bridgehead atoms. The van der Waals surface area contributed by atoms with Crippen LogP contribution in [0, 0.1) is 23.7 Å². The number of urea groups is 1. The molecule has 180 valence electrons. The molecule has 33 heavy (non-hydrogen) atoms. The number of alkyl halides is 3. The van der Waals surface area contributed by atoms with Crippen LogP contribution in [0.25, 0.3) is 0 Å². The number of carbonyl (C=O) groups excluding carboxylic acids is 2. The number of carbonyl (C=O) groups is 2. The summed E-state index contributed by atoms with van der Waals surface area (Å²) in [4.78, 5) is 30.7. The second-order valence-corrected chi connectivity index (χ2v) is 9.05. The second-order valence-electron chi connectivity index (χ2n) is 9.05. The van der Waals surface area contributed by atoms with Gasteiger partial charge in [-0.05, 0) is 36.5 Å². The van der Waals surface area contributed by atoms with Gasteiger partial charge in [-0.3, -0.25) is 9.69 Å². The number of hydrogen-bond acceptors (Lipinski definition) is 3. The maximum atomic E-state index is 12.8. The van der Waals surface area contributed by atoms with Gasteiger partial charge in [0.1, 0.15) is 0 Å². The summed E-state index contributed by atoms with van der Waals surface area (Å²) in [6.07, 6.45) is -3.26. The molecule has 2 atom stereocenters. The van der Waals surface area contributed by atoms with Gasteiger partial charge >= 0.3 is 12.2 Å². The summed E-state index contributed by atoms with van der Waals surface area (Å²) in [5.74, 6) is 6.54. The number of nitrogens with one attached hydrogen (secondary N) is 1. The first kappa shape index (κ1) is 24.9. The van der Waals surface area contributed by atoms with Crippen molar-refractivity contribution in [3.8, 4) is 11.8 Å². The lowest BCUT2D eigenvalue weighted by molar-refractivity contribution is -0.137. The van der Waals surface area contributed by atoms with Gasteiger partial charge in [0.15, 0.2) is 0 Å². The van der Waals surface area contributed by atoms with Crippen molar-refractivity contribution in [2.75, 3.05) is 52.4 Å². The van der Waals surface area contributed by atoms with Gasteiger partial charge in [-0.2, -0.15) is 13.2 Å². The van der Waals surface area contributed by atoms with Gasteiger partial charge in [0.25, 0.3) is 0 Å². The Morgan fingerprint density at radius 1 is 1.06 bits per heavy atom. The largest absolute Gasteiger partial charge is 0.416 e. The molecule has 0 spiro atoms. The highest BCUT2D eigenvalue weighted by atomic mass is 19.4. The third-order valence-corrected chi connectivity index (χ3v) is 5.99. The third-order valence-electron chi connectivity index (χ3n) is 5.99. The lowest BCUT2D eigenvalue weighted by Crippen LogP contribution is -2.54. The zero-order chi connectivity index (χ0) is 24.0. The summed E-state index contributed by atoms with van der Waals surface area (Å²) >= 11 is 0. The molecule has 2 heterocycles. The van der Waals surface area contributed by atoms with Crippen molar-refractivity contribution in [1.82, 2.24) is 20.0 Å². The maximum absolute atomic E-state index is 12.8. The third kappa shape index (κ3) is 7.39.